The quantitative estimate of drug-likeness (QED) is 0.801. The third kappa shape index (κ3) is 2.50. The Labute approximate surface area is 115 Å². The van der Waals surface area contributed by atoms with E-state index in [1.165, 1.54) is 30.3 Å². The van der Waals surface area contributed by atoms with Gasteiger partial charge in [-0.1, -0.05) is 12.1 Å². The number of hydrogen-bond acceptors (Lipinski definition) is 4. The molecule has 20 heavy (non-hydrogen) atoms. The van der Waals surface area contributed by atoms with Crippen molar-refractivity contribution < 1.29 is 14.6 Å². The van der Waals surface area contributed by atoms with Crippen molar-refractivity contribution in [2.45, 2.75) is 13.0 Å². The van der Waals surface area contributed by atoms with Crippen LogP contribution in [0.1, 0.15) is 24.1 Å². The lowest BCUT2D eigenvalue weighted by atomic mass is 10.0. The van der Waals surface area contributed by atoms with Gasteiger partial charge in [-0.2, -0.15) is 5.26 Å². The van der Waals surface area contributed by atoms with Gasteiger partial charge >= 0.3 is 0 Å². The first kappa shape index (κ1) is 13.7. The van der Waals surface area contributed by atoms with E-state index in [1.807, 2.05) is 0 Å². The van der Waals surface area contributed by atoms with Crippen LogP contribution in [0.2, 0.25) is 0 Å². The normalized spacial score (nSPS) is 11.7. The molecule has 2 aromatic carbocycles. The summed E-state index contributed by atoms with van der Waals surface area (Å²) in [6.07, 6.45) is 0. The number of hydrogen-bond donors (Lipinski definition) is 3. The molecule has 0 fully saturated rings. The van der Waals surface area contributed by atoms with E-state index in [1.54, 1.807) is 19.1 Å². The lowest BCUT2D eigenvalue weighted by Crippen LogP contribution is -2.09. The molecule has 2 rings (SSSR count). The van der Waals surface area contributed by atoms with Gasteiger partial charge in [0.15, 0.2) is 0 Å². The zero-order chi connectivity index (χ0) is 14.7. The monoisotopic (exact) mass is 272 g/mol. The fourth-order valence-electron chi connectivity index (χ4n) is 2.05. The molecular weight excluding hydrogens is 259 g/mol. The van der Waals surface area contributed by atoms with E-state index in [0.717, 1.165) is 0 Å². The van der Waals surface area contributed by atoms with Gasteiger partial charge in [-0.15, -0.1) is 0 Å². The van der Waals surface area contributed by atoms with E-state index in [-0.39, 0.29) is 17.1 Å². The summed E-state index contributed by atoms with van der Waals surface area (Å²) in [5.74, 6) is -0.758. The molecule has 0 radical (unpaired) electrons. The van der Waals surface area contributed by atoms with Crippen LogP contribution in [0.3, 0.4) is 0 Å². The summed E-state index contributed by atoms with van der Waals surface area (Å²) >= 11 is 0. The molecule has 0 saturated carbocycles. The van der Waals surface area contributed by atoms with E-state index in [2.05, 4.69) is 5.32 Å². The molecule has 0 bridgehead atoms. The molecule has 1 unspecified atom stereocenters. The van der Waals surface area contributed by atoms with Crippen molar-refractivity contribution in [1.82, 2.24) is 0 Å². The third-order valence-electron chi connectivity index (χ3n) is 2.99. The number of nitriles is 1. The molecule has 0 aliphatic rings. The van der Waals surface area contributed by atoms with Crippen LogP contribution in [0.4, 0.5) is 10.1 Å². The molecule has 0 aromatic heterocycles. The summed E-state index contributed by atoms with van der Waals surface area (Å²) in [6, 6.07) is 9.95. The molecule has 0 aliphatic carbocycles. The van der Waals surface area contributed by atoms with Crippen molar-refractivity contribution in [2.24, 2.45) is 0 Å². The Bertz CT molecular complexity index is 660. The summed E-state index contributed by atoms with van der Waals surface area (Å²) in [5, 5.41) is 31.4. The van der Waals surface area contributed by atoms with Gasteiger partial charge in [0.1, 0.15) is 28.9 Å². The zero-order valence-electron chi connectivity index (χ0n) is 10.8. The number of nitrogens with one attached hydrogen (secondary N) is 1. The Kier molecular flexibility index (Phi) is 3.76. The van der Waals surface area contributed by atoms with Crippen molar-refractivity contribution in [1.29, 1.82) is 5.26 Å². The Morgan fingerprint density at radius 2 is 1.75 bits per heavy atom. The first-order valence-electron chi connectivity index (χ1n) is 6.00. The van der Waals surface area contributed by atoms with Crippen LogP contribution >= 0.6 is 0 Å². The van der Waals surface area contributed by atoms with Gasteiger partial charge in [0, 0.05) is 0 Å². The molecule has 2 aromatic rings. The molecule has 102 valence electrons. The Morgan fingerprint density at radius 1 is 1.15 bits per heavy atom. The second-order valence-electron chi connectivity index (χ2n) is 4.35. The highest BCUT2D eigenvalue weighted by atomic mass is 19.1. The van der Waals surface area contributed by atoms with E-state index in [9.17, 15) is 14.6 Å². The number of phenols is 2. The highest BCUT2D eigenvalue weighted by molar-refractivity contribution is 5.60. The lowest BCUT2D eigenvalue weighted by molar-refractivity contribution is 0.434. The number of halogens is 1. The van der Waals surface area contributed by atoms with Gasteiger partial charge in [0.05, 0.1) is 17.3 Å². The van der Waals surface area contributed by atoms with Crippen molar-refractivity contribution >= 4 is 5.69 Å². The van der Waals surface area contributed by atoms with Crippen LogP contribution in [0.25, 0.3) is 0 Å². The molecule has 4 nitrogen and oxygen atoms in total. The summed E-state index contributed by atoms with van der Waals surface area (Å²) in [5.41, 5.74) is 0.498. The molecule has 3 N–H and O–H groups in total. The van der Waals surface area contributed by atoms with Gasteiger partial charge < -0.3 is 15.5 Å². The van der Waals surface area contributed by atoms with Gasteiger partial charge in [-0.05, 0) is 31.2 Å². The topological polar surface area (TPSA) is 76.3 Å². The molecule has 0 amide bonds. The number of phenolic OH excluding ortho intramolecular Hbond substituents is 2. The maximum Gasteiger partial charge on any atom is 0.143 e. The number of nitrogens with zero attached hydrogens (tertiary/aromatic N) is 1. The second-order valence-corrected chi connectivity index (χ2v) is 4.35. The third-order valence-corrected chi connectivity index (χ3v) is 2.99. The largest absolute Gasteiger partial charge is 0.507 e. The number of rotatable bonds is 3. The maximum absolute atomic E-state index is 13.5. The Balaban J connectivity index is 2.36. The van der Waals surface area contributed by atoms with Crippen LogP contribution in [0.5, 0.6) is 11.5 Å². The van der Waals surface area contributed by atoms with E-state index in [0.29, 0.717) is 11.3 Å². The molecule has 1 atom stereocenters. The van der Waals surface area contributed by atoms with Gasteiger partial charge in [-0.3, -0.25) is 0 Å². The first-order valence-corrected chi connectivity index (χ1v) is 6.00. The maximum atomic E-state index is 13.5. The van der Waals surface area contributed by atoms with E-state index in [4.69, 9.17) is 5.26 Å². The van der Waals surface area contributed by atoms with Crippen LogP contribution in [0, 0.1) is 17.1 Å². The van der Waals surface area contributed by atoms with Crippen LogP contribution in [-0.2, 0) is 0 Å². The van der Waals surface area contributed by atoms with E-state index < -0.39 is 11.9 Å². The van der Waals surface area contributed by atoms with E-state index >= 15 is 0 Å². The lowest BCUT2D eigenvalue weighted by Gasteiger charge is -2.18. The zero-order valence-corrected chi connectivity index (χ0v) is 10.8. The summed E-state index contributed by atoms with van der Waals surface area (Å²) in [7, 11) is 0. The minimum atomic E-state index is -0.619. The predicted octanol–water partition coefficient (Wildman–Crippen LogP) is 3.28. The molecular formula is C15H13FN2O2. The number of benzene rings is 2. The Morgan fingerprint density at radius 3 is 2.35 bits per heavy atom. The molecule has 0 aliphatic heterocycles. The average molecular weight is 272 g/mol. The molecule has 0 spiro atoms. The Hall–Kier alpha value is -2.74. The minimum Gasteiger partial charge on any atom is -0.507 e. The average Bonchev–Trinajstić information content (AvgIpc) is 2.38. The van der Waals surface area contributed by atoms with Crippen LogP contribution in [0.15, 0.2) is 36.4 Å². The minimum absolute atomic E-state index is 0.0695. The fourth-order valence-corrected chi connectivity index (χ4v) is 2.05. The number of anilines is 1. The summed E-state index contributed by atoms with van der Waals surface area (Å²) < 4.78 is 13.5. The van der Waals surface area contributed by atoms with Crippen molar-refractivity contribution in [3.8, 4) is 17.6 Å². The summed E-state index contributed by atoms with van der Waals surface area (Å²) in [4.78, 5) is 0. The smallest absolute Gasteiger partial charge is 0.143 e. The summed E-state index contributed by atoms with van der Waals surface area (Å²) in [6.45, 7) is 1.70. The van der Waals surface area contributed by atoms with Crippen molar-refractivity contribution in [3.63, 3.8) is 0 Å². The molecule has 0 saturated heterocycles. The van der Waals surface area contributed by atoms with Crippen LogP contribution in [-0.4, -0.2) is 10.2 Å². The molecule has 5 heteroatoms. The van der Waals surface area contributed by atoms with Gasteiger partial charge in [0.2, 0.25) is 0 Å². The fraction of sp³-hybridized carbons (Fsp3) is 0.133. The van der Waals surface area contributed by atoms with Crippen molar-refractivity contribution in [2.75, 3.05) is 5.32 Å². The second kappa shape index (κ2) is 5.49. The SMILES string of the molecule is CC(Nc1cccc(F)c1C#N)c1c(O)cccc1O. The number of aromatic hydroxyl groups is 2. The van der Waals surface area contributed by atoms with Crippen LogP contribution < -0.4 is 5.32 Å². The standard InChI is InChI=1S/C15H13FN2O2/c1-9(15-13(19)6-3-7-14(15)20)18-12-5-2-4-11(16)10(12)8-17/h2-7,9,18-20H,1H3. The highest BCUT2D eigenvalue weighted by Crippen LogP contribution is 2.34. The first-order chi connectivity index (χ1) is 9.54. The molecule has 0 heterocycles. The van der Waals surface area contributed by atoms with Gasteiger partial charge in [0.25, 0.3) is 0 Å². The van der Waals surface area contributed by atoms with Gasteiger partial charge in [-0.25, -0.2) is 4.39 Å². The highest BCUT2D eigenvalue weighted by Gasteiger charge is 2.17. The predicted molar refractivity (Wildman–Crippen MR) is 72.9 cm³/mol. The van der Waals surface area contributed by atoms with Crippen molar-refractivity contribution in [3.05, 3.63) is 53.3 Å².